The second kappa shape index (κ2) is 7.13. The Balaban J connectivity index is 2.09. The molecule has 1 heterocycles. The molecule has 5 heteroatoms. The molecular formula is C18H23N3O2. The summed E-state index contributed by atoms with van der Waals surface area (Å²) < 4.78 is 2.25. The molecule has 0 spiro atoms. The number of aromatic nitrogens is 1. The molecule has 1 amide bonds. The topological polar surface area (TPSA) is 66.6 Å². The Hall–Kier alpha value is -2.56. The van der Waals surface area contributed by atoms with Gasteiger partial charge in [0.15, 0.2) is 0 Å². The van der Waals surface area contributed by atoms with E-state index >= 15 is 0 Å². The third-order valence-electron chi connectivity index (χ3n) is 3.68. The summed E-state index contributed by atoms with van der Waals surface area (Å²) in [5.74, 6) is 0.0657. The molecule has 0 atom stereocenters. The van der Waals surface area contributed by atoms with Crippen molar-refractivity contribution in [3.8, 4) is 5.75 Å². The van der Waals surface area contributed by atoms with Gasteiger partial charge >= 0.3 is 0 Å². The van der Waals surface area contributed by atoms with Crippen LogP contribution >= 0.6 is 0 Å². The van der Waals surface area contributed by atoms with Crippen LogP contribution in [0, 0.1) is 19.8 Å². The molecule has 0 bridgehead atoms. The van der Waals surface area contributed by atoms with Crippen molar-refractivity contribution >= 4 is 12.1 Å². The molecular weight excluding hydrogens is 290 g/mol. The number of para-hydroxylation sites is 1. The number of carbonyl (C=O) groups excluding carboxylic acids is 1. The van der Waals surface area contributed by atoms with Crippen molar-refractivity contribution in [1.29, 1.82) is 0 Å². The smallest absolute Gasteiger partial charge is 0.275 e. The highest BCUT2D eigenvalue weighted by atomic mass is 16.3. The lowest BCUT2D eigenvalue weighted by Gasteiger charge is -2.11. The van der Waals surface area contributed by atoms with Crippen molar-refractivity contribution in [2.24, 2.45) is 11.0 Å². The Morgan fingerprint density at radius 2 is 2.04 bits per heavy atom. The van der Waals surface area contributed by atoms with Crippen molar-refractivity contribution in [3.05, 3.63) is 52.8 Å². The van der Waals surface area contributed by atoms with E-state index < -0.39 is 5.91 Å². The standard InChI is InChI=1S/C18H23N3O2/c1-12(2)11-21-13(3)9-15(14(21)4)10-19-20-18(23)16-7-5-6-8-17(16)22/h5-10,12,22H,11H2,1-4H3,(H,20,23). The summed E-state index contributed by atoms with van der Waals surface area (Å²) in [4.78, 5) is 12.0. The first-order valence-electron chi connectivity index (χ1n) is 7.68. The molecule has 0 radical (unpaired) electrons. The number of aryl methyl sites for hydroxylation is 1. The fourth-order valence-electron chi connectivity index (χ4n) is 2.49. The quantitative estimate of drug-likeness (QED) is 0.657. The molecule has 0 fully saturated rings. The number of hydrazone groups is 1. The Bertz CT molecular complexity index is 730. The van der Waals surface area contributed by atoms with Crippen molar-refractivity contribution in [1.82, 2.24) is 9.99 Å². The summed E-state index contributed by atoms with van der Waals surface area (Å²) in [6.07, 6.45) is 1.64. The van der Waals surface area contributed by atoms with E-state index in [1.54, 1.807) is 24.4 Å². The molecule has 0 unspecified atom stereocenters. The average molecular weight is 313 g/mol. The highest BCUT2D eigenvalue weighted by Gasteiger charge is 2.10. The second-order valence-electron chi connectivity index (χ2n) is 6.05. The van der Waals surface area contributed by atoms with E-state index in [9.17, 15) is 9.90 Å². The van der Waals surface area contributed by atoms with Gasteiger partial charge in [0.1, 0.15) is 5.75 Å². The van der Waals surface area contributed by atoms with Crippen molar-refractivity contribution in [3.63, 3.8) is 0 Å². The molecule has 23 heavy (non-hydrogen) atoms. The van der Waals surface area contributed by atoms with Crippen LogP contribution in [-0.4, -0.2) is 21.8 Å². The van der Waals surface area contributed by atoms with Crippen molar-refractivity contribution < 1.29 is 9.90 Å². The number of hydrogen-bond acceptors (Lipinski definition) is 3. The van der Waals surface area contributed by atoms with E-state index in [1.807, 2.05) is 13.0 Å². The van der Waals surface area contributed by atoms with Gasteiger partial charge in [-0.25, -0.2) is 5.43 Å². The van der Waals surface area contributed by atoms with E-state index in [2.05, 4.69) is 35.9 Å². The number of aromatic hydroxyl groups is 1. The van der Waals surface area contributed by atoms with Crippen LogP contribution in [0.15, 0.2) is 35.4 Å². The van der Waals surface area contributed by atoms with Gasteiger partial charge < -0.3 is 9.67 Å². The lowest BCUT2D eigenvalue weighted by Crippen LogP contribution is -2.17. The number of rotatable bonds is 5. The van der Waals surface area contributed by atoms with E-state index in [1.165, 1.54) is 11.8 Å². The Morgan fingerprint density at radius 3 is 2.70 bits per heavy atom. The van der Waals surface area contributed by atoms with Gasteiger partial charge in [-0.1, -0.05) is 26.0 Å². The van der Waals surface area contributed by atoms with Gasteiger partial charge in [-0.2, -0.15) is 5.10 Å². The van der Waals surface area contributed by atoms with Crippen LogP contribution in [0.1, 0.15) is 41.2 Å². The van der Waals surface area contributed by atoms with Crippen LogP contribution in [0.5, 0.6) is 5.75 Å². The zero-order valence-electron chi connectivity index (χ0n) is 14.0. The largest absolute Gasteiger partial charge is 0.507 e. The zero-order valence-corrected chi connectivity index (χ0v) is 14.0. The molecule has 122 valence electrons. The zero-order chi connectivity index (χ0) is 17.0. The summed E-state index contributed by atoms with van der Waals surface area (Å²) in [5.41, 5.74) is 5.92. The summed E-state index contributed by atoms with van der Waals surface area (Å²) in [6, 6.07) is 8.43. The van der Waals surface area contributed by atoms with Crippen LogP contribution in [0.4, 0.5) is 0 Å². The van der Waals surface area contributed by atoms with Gasteiger partial charge in [-0.3, -0.25) is 4.79 Å². The minimum atomic E-state index is -0.435. The monoisotopic (exact) mass is 313 g/mol. The summed E-state index contributed by atoms with van der Waals surface area (Å²) >= 11 is 0. The number of phenolic OH excluding ortho intramolecular Hbond substituents is 1. The SMILES string of the molecule is Cc1cc(C=NNC(=O)c2ccccc2O)c(C)n1CC(C)C. The van der Waals surface area contributed by atoms with Crippen LogP contribution < -0.4 is 5.43 Å². The number of hydrogen-bond donors (Lipinski definition) is 2. The number of benzene rings is 1. The second-order valence-corrected chi connectivity index (χ2v) is 6.05. The molecule has 2 aromatic rings. The predicted molar refractivity (Wildman–Crippen MR) is 91.9 cm³/mol. The summed E-state index contributed by atoms with van der Waals surface area (Å²) in [6.45, 7) is 9.42. The maximum atomic E-state index is 12.0. The first-order chi connectivity index (χ1) is 10.9. The molecule has 1 aromatic heterocycles. The van der Waals surface area contributed by atoms with E-state index in [0.717, 1.165) is 17.8 Å². The van der Waals surface area contributed by atoms with Crippen LogP contribution in [0.25, 0.3) is 0 Å². The van der Waals surface area contributed by atoms with Gasteiger partial charge in [-0.15, -0.1) is 0 Å². The molecule has 2 rings (SSSR count). The van der Waals surface area contributed by atoms with Crippen molar-refractivity contribution in [2.75, 3.05) is 0 Å². The minimum absolute atomic E-state index is 0.0599. The summed E-state index contributed by atoms with van der Waals surface area (Å²) in [7, 11) is 0. The Labute approximate surface area is 136 Å². The fraction of sp³-hybridized carbons (Fsp3) is 0.333. The van der Waals surface area contributed by atoms with Crippen LogP contribution in [0.3, 0.4) is 0 Å². The molecule has 5 nitrogen and oxygen atoms in total. The van der Waals surface area contributed by atoms with Gasteiger partial charge in [0.2, 0.25) is 0 Å². The van der Waals surface area contributed by atoms with Crippen molar-refractivity contribution in [2.45, 2.75) is 34.2 Å². The Kier molecular flexibility index (Phi) is 5.21. The van der Waals surface area contributed by atoms with Gasteiger partial charge in [0.05, 0.1) is 11.8 Å². The number of phenols is 1. The first-order valence-corrected chi connectivity index (χ1v) is 7.68. The number of amides is 1. The molecule has 0 saturated heterocycles. The van der Waals surface area contributed by atoms with E-state index in [0.29, 0.717) is 5.92 Å². The lowest BCUT2D eigenvalue weighted by molar-refractivity contribution is 0.0952. The minimum Gasteiger partial charge on any atom is -0.507 e. The summed E-state index contributed by atoms with van der Waals surface area (Å²) in [5, 5.41) is 13.7. The molecule has 1 aromatic carbocycles. The van der Waals surface area contributed by atoms with Gasteiger partial charge in [0.25, 0.3) is 5.91 Å². The molecule has 0 aliphatic rings. The maximum absolute atomic E-state index is 12.0. The third kappa shape index (κ3) is 4.00. The number of nitrogens with one attached hydrogen (secondary N) is 1. The first kappa shape index (κ1) is 16.8. The average Bonchev–Trinajstić information content (AvgIpc) is 2.75. The highest BCUT2D eigenvalue weighted by Crippen LogP contribution is 2.16. The lowest BCUT2D eigenvalue weighted by atomic mass is 10.2. The predicted octanol–water partition coefficient (Wildman–Crippen LogP) is 3.23. The molecule has 0 aliphatic heterocycles. The normalized spacial score (nSPS) is 11.3. The van der Waals surface area contributed by atoms with Crippen LogP contribution in [-0.2, 0) is 6.54 Å². The third-order valence-corrected chi connectivity index (χ3v) is 3.68. The molecule has 0 aliphatic carbocycles. The van der Waals surface area contributed by atoms with E-state index in [4.69, 9.17) is 0 Å². The maximum Gasteiger partial charge on any atom is 0.275 e. The number of carbonyl (C=O) groups is 1. The fourth-order valence-corrected chi connectivity index (χ4v) is 2.49. The van der Waals surface area contributed by atoms with Gasteiger partial charge in [0, 0.05) is 23.5 Å². The van der Waals surface area contributed by atoms with Crippen LogP contribution in [0.2, 0.25) is 0 Å². The number of nitrogens with zero attached hydrogens (tertiary/aromatic N) is 2. The Morgan fingerprint density at radius 1 is 1.35 bits per heavy atom. The molecule has 2 N–H and O–H groups in total. The highest BCUT2D eigenvalue weighted by molar-refractivity contribution is 5.97. The molecule has 0 saturated carbocycles. The van der Waals surface area contributed by atoms with E-state index in [-0.39, 0.29) is 11.3 Å². The van der Waals surface area contributed by atoms with Gasteiger partial charge in [-0.05, 0) is 38.0 Å².